The summed E-state index contributed by atoms with van der Waals surface area (Å²) < 4.78 is 37.0. The van der Waals surface area contributed by atoms with Crippen LogP contribution in [0.3, 0.4) is 0 Å². The van der Waals surface area contributed by atoms with E-state index in [1.165, 1.54) is 10.5 Å². The van der Waals surface area contributed by atoms with Gasteiger partial charge in [-0.15, -0.1) is 0 Å². The molecule has 1 aliphatic heterocycles. The van der Waals surface area contributed by atoms with Crippen LogP contribution in [0.25, 0.3) is 0 Å². The number of rotatable bonds is 10. The molecule has 1 heterocycles. The molecule has 40 heavy (non-hydrogen) atoms. The number of nitrogens with zero attached hydrogens (tertiary/aromatic N) is 3. The van der Waals surface area contributed by atoms with Crippen LogP contribution in [0.4, 0.5) is 5.69 Å². The summed E-state index contributed by atoms with van der Waals surface area (Å²) in [5, 5.41) is 4.00. The van der Waals surface area contributed by atoms with Crippen molar-refractivity contribution in [1.29, 1.82) is 0 Å². The Bertz CT molecular complexity index is 1430. The van der Waals surface area contributed by atoms with Gasteiger partial charge in [0.2, 0.25) is 10.0 Å². The lowest BCUT2D eigenvalue weighted by Gasteiger charge is -2.26. The highest BCUT2D eigenvalue weighted by Gasteiger charge is 2.19. The van der Waals surface area contributed by atoms with Gasteiger partial charge in [-0.25, -0.2) is 13.8 Å². The number of carbonyl (C=O) groups is 2. The molecule has 210 valence electrons. The monoisotopic (exact) mass is 564 g/mol. The number of anilines is 1. The second kappa shape index (κ2) is 13.2. The second-order valence-corrected chi connectivity index (χ2v) is 11.3. The van der Waals surface area contributed by atoms with Gasteiger partial charge < -0.3 is 14.4 Å². The third kappa shape index (κ3) is 8.14. The maximum absolute atomic E-state index is 12.5. The van der Waals surface area contributed by atoms with Gasteiger partial charge in [-0.3, -0.25) is 13.9 Å². The predicted molar refractivity (Wildman–Crippen MR) is 153 cm³/mol. The lowest BCUT2D eigenvalue weighted by molar-refractivity contribution is -0.137. The Kier molecular flexibility index (Phi) is 9.52. The average molecular weight is 565 g/mol. The van der Waals surface area contributed by atoms with Crippen LogP contribution in [0.15, 0.2) is 77.9 Å². The Morgan fingerprint density at radius 2 is 1.65 bits per heavy atom. The van der Waals surface area contributed by atoms with Crippen LogP contribution in [0.1, 0.15) is 27.0 Å². The summed E-state index contributed by atoms with van der Waals surface area (Å²) in [5.74, 6) is 0.0298. The Balaban J connectivity index is 1.30. The lowest BCUT2D eigenvalue weighted by Crippen LogP contribution is -2.42. The zero-order valence-corrected chi connectivity index (χ0v) is 23.3. The first kappa shape index (κ1) is 28.8. The van der Waals surface area contributed by atoms with Crippen molar-refractivity contribution in [2.45, 2.75) is 13.5 Å². The highest BCUT2D eigenvalue weighted by Crippen LogP contribution is 2.21. The fourth-order valence-electron chi connectivity index (χ4n) is 3.97. The fourth-order valence-corrected chi connectivity index (χ4v) is 4.86. The fraction of sp³-hybridized carbons (Fsp3) is 0.276. The molecule has 0 aliphatic carbocycles. The molecule has 3 aromatic rings. The minimum Gasteiger partial charge on any atom is -0.484 e. The van der Waals surface area contributed by atoms with Gasteiger partial charge in [0, 0.05) is 18.7 Å². The number of ether oxygens (including phenoxy) is 2. The highest BCUT2D eigenvalue weighted by atomic mass is 32.2. The standard InChI is InChI=1S/C29H32N4O6S/c1-22-3-5-24(6-4-22)20-33(40(2,36)37)26-11-9-25(10-12-26)29(35)31-30-19-23-7-13-27(14-8-23)39-21-28(34)32-15-17-38-18-16-32/h3-14,19H,15-18,20-21H2,1-2H3,(H,31,35)/b30-19-. The molecule has 1 fully saturated rings. The van der Waals surface area contributed by atoms with Crippen LogP contribution in [0.2, 0.25) is 0 Å². The summed E-state index contributed by atoms with van der Waals surface area (Å²) in [5.41, 5.74) is 5.93. The number of amides is 2. The minimum atomic E-state index is -3.54. The molecular weight excluding hydrogens is 532 g/mol. The summed E-state index contributed by atoms with van der Waals surface area (Å²) in [6.07, 6.45) is 2.64. The third-order valence-electron chi connectivity index (χ3n) is 6.25. The van der Waals surface area contributed by atoms with Crippen LogP contribution >= 0.6 is 0 Å². The van der Waals surface area contributed by atoms with E-state index in [0.29, 0.717) is 43.3 Å². The van der Waals surface area contributed by atoms with Crippen molar-refractivity contribution in [3.8, 4) is 5.75 Å². The zero-order chi connectivity index (χ0) is 28.5. The number of nitrogens with one attached hydrogen (secondary N) is 1. The predicted octanol–water partition coefficient (Wildman–Crippen LogP) is 2.96. The van der Waals surface area contributed by atoms with Crippen LogP contribution in [0.5, 0.6) is 5.75 Å². The Morgan fingerprint density at radius 3 is 2.27 bits per heavy atom. The van der Waals surface area contributed by atoms with Crippen molar-refractivity contribution in [3.63, 3.8) is 0 Å². The normalized spacial score (nSPS) is 13.7. The third-order valence-corrected chi connectivity index (χ3v) is 7.39. The molecule has 0 unspecified atom stereocenters. The highest BCUT2D eigenvalue weighted by molar-refractivity contribution is 7.92. The first-order valence-electron chi connectivity index (χ1n) is 12.7. The molecule has 4 rings (SSSR count). The Labute approximate surface area is 234 Å². The molecule has 0 radical (unpaired) electrons. The van der Waals surface area contributed by atoms with E-state index < -0.39 is 15.9 Å². The molecule has 3 aromatic carbocycles. The number of aryl methyl sites for hydroxylation is 1. The molecule has 11 heteroatoms. The summed E-state index contributed by atoms with van der Waals surface area (Å²) in [6, 6.07) is 20.9. The van der Waals surface area contributed by atoms with E-state index in [1.54, 1.807) is 53.4 Å². The minimum absolute atomic E-state index is 0.0455. The van der Waals surface area contributed by atoms with E-state index in [9.17, 15) is 18.0 Å². The molecular formula is C29H32N4O6S. The Hall–Kier alpha value is -4.22. The van der Waals surface area contributed by atoms with E-state index in [0.717, 1.165) is 22.9 Å². The van der Waals surface area contributed by atoms with E-state index in [4.69, 9.17) is 9.47 Å². The number of hydrogen-bond acceptors (Lipinski definition) is 7. The number of carbonyl (C=O) groups excluding carboxylic acids is 2. The lowest BCUT2D eigenvalue weighted by atomic mass is 10.1. The van der Waals surface area contributed by atoms with Gasteiger partial charge >= 0.3 is 0 Å². The maximum atomic E-state index is 12.5. The summed E-state index contributed by atoms with van der Waals surface area (Å²) >= 11 is 0. The van der Waals surface area contributed by atoms with Crippen molar-refractivity contribution in [3.05, 3.63) is 95.1 Å². The van der Waals surface area contributed by atoms with Gasteiger partial charge in [-0.05, 0) is 66.6 Å². The van der Waals surface area contributed by atoms with E-state index >= 15 is 0 Å². The molecule has 2 amide bonds. The van der Waals surface area contributed by atoms with Gasteiger partial charge in [-0.1, -0.05) is 29.8 Å². The molecule has 1 aliphatic rings. The molecule has 0 aromatic heterocycles. The summed E-state index contributed by atoms with van der Waals surface area (Å²) in [4.78, 5) is 26.5. The van der Waals surface area contributed by atoms with Crippen LogP contribution in [-0.4, -0.2) is 70.5 Å². The number of morpholine rings is 1. The first-order valence-corrected chi connectivity index (χ1v) is 14.6. The van der Waals surface area contributed by atoms with Crippen molar-refractivity contribution in [2.75, 3.05) is 43.5 Å². The largest absolute Gasteiger partial charge is 0.484 e. The first-order chi connectivity index (χ1) is 19.2. The van der Waals surface area contributed by atoms with Gasteiger partial charge in [-0.2, -0.15) is 5.10 Å². The Morgan fingerprint density at radius 1 is 1.00 bits per heavy atom. The molecule has 10 nitrogen and oxygen atoms in total. The average Bonchev–Trinajstić information content (AvgIpc) is 2.96. The van der Waals surface area contributed by atoms with Crippen molar-refractivity contribution in [2.24, 2.45) is 5.10 Å². The molecule has 0 saturated carbocycles. The number of benzene rings is 3. The number of hydrazone groups is 1. The zero-order valence-electron chi connectivity index (χ0n) is 22.4. The van der Waals surface area contributed by atoms with Crippen LogP contribution in [0, 0.1) is 6.92 Å². The molecule has 1 N–H and O–H groups in total. The van der Waals surface area contributed by atoms with Crippen LogP contribution < -0.4 is 14.5 Å². The number of hydrogen-bond donors (Lipinski definition) is 1. The quantitative estimate of drug-likeness (QED) is 0.299. The SMILES string of the molecule is Cc1ccc(CN(c2ccc(C(=O)N/N=C\c3ccc(OCC(=O)N4CCOCC4)cc3)cc2)S(C)(=O)=O)cc1. The van der Waals surface area contributed by atoms with Gasteiger partial charge in [0.1, 0.15) is 5.75 Å². The van der Waals surface area contributed by atoms with E-state index in [1.807, 2.05) is 31.2 Å². The van der Waals surface area contributed by atoms with E-state index in [2.05, 4.69) is 10.5 Å². The number of sulfonamides is 1. The molecule has 0 bridgehead atoms. The van der Waals surface area contributed by atoms with E-state index in [-0.39, 0.29) is 19.1 Å². The second-order valence-electron chi connectivity index (χ2n) is 9.35. The van der Waals surface area contributed by atoms with Gasteiger partial charge in [0.25, 0.3) is 11.8 Å². The van der Waals surface area contributed by atoms with Crippen molar-refractivity contribution >= 4 is 33.7 Å². The van der Waals surface area contributed by atoms with Gasteiger partial charge in [0.15, 0.2) is 6.61 Å². The summed E-state index contributed by atoms with van der Waals surface area (Å²) in [7, 11) is -3.54. The maximum Gasteiger partial charge on any atom is 0.271 e. The van der Waals surface area contributed by atoms with Crippen molar-refractivity contribution < 1.29 is 27.5 Å². The van der Waals surface area contributed by atoms with Crippen molar-refractivity contribution in [1.82, 2.24) is 10.3 Å². The van der Waals surface area contributed by atoms with Crippen LogP contribution in [-0.2, 0) is 26.1 Å². The van der Waals surface area contributed by atoms with Gasteiger partial charge in [0.05, 0.1) is 37.9 Å². The molecule has 0 spiro atoms. The molecule has 1 saturated heterocycles. The summed E-state index contributed by atoms with van der Waals surface area (Å²) in [6.45, 7) is 4.33. The molecule has 0 atom stereocenters. The topological polar surface area (TPSA) is 118 Å². The smallest absolute Gasteiger partial charge is 0.271 e.